The summed E-state index contributed by atoms with van der Waals surface area (Å²) in [5.41, 5.74) is 10.6. The zero-order valence-corrected chi connectivity index (χ0v) is 35.6. The third kappa shape index (κ3) is 13.0. The van der Waals surface area contributed by atoms with E-state index in [1.807, 2.05) is 115 Å². The zero-order valence-electron chi connectivity index (χ0n) is 32.1. The van der Waals surface area contributed by atoms with Gasteiger partial charge in [-0.2, -0.15) is 49.2 Å². The monoisotopic (exact) mass is 868 g/mol. The number of hydrogen-bond donors (Lipinski definition) is 1. The van der Waals surface area contributed by atoms with Gasteiger partial charge in [0.25, 0.3) is 0 Å². The fraction of sp³-hybridized carbons (Fsp3) is 0.224. The number of hydrogen-bond acceptors (Lipinski definition) is 2. The van der Waals surface area contributed by atoms with Crippen LogP contribution in [0.5, 0.6) is 11.5 Å². The first-order chi connectivity index (χ1) is 25.2. The molecule has 4 heteroatoms. The number of rotatable bonds is 11. The molecule has 53 heavy (non-hydrogen) atoms. The molecule has 0 saturated heterocycles. The van der Waals surface area contributed by atoms with Crippen molar-refractivity contribution in [1.82, 2.24) is 0 Å². The van der Waals surface area contributed by atoms with Crippen LogP contribution in [0.1, 0.15) is 80.7 Å². The van der Waals surface area contributed by atoms with Crippen LogP contribution in [0.25, 0.3) is 27.6 Å². The Balaban J connectivity index is 0.000000418. The summed E-state index contributed by atoms with van der Waals surface area (Å²) in [7, 11) is 0. The minimum absolute atomic E-state index is 0. The molecule has 6 aromatic rings. The van der Waals surface area contributed by atoms with E-state index in [4.69, 9.17) is 10.1 Å². The van der Waals surface area contributed by atoms with Crippen molar-refractivity contribution in [2.45, 2.75) is 59.3 Å². The summed E-state index contributed by atoms with van der Waals surface area (Å²) in [6.45, 7) is 19.8. The Bertz CT molecular complexity index is 1860. The Hall–Kier alpha value is -4.67. The Morgan fingerprint density at radius 3 is 1.60 bits per heavy atom. The Kier molecular flexibility index (Phi) is 18.1. The molecule has 3 nitrogen and oxygen atoms in total. The molecule has 0 fully saturated rings. The minimum atomic E-state index is 0. The second kappa shape index (κ2) is 22.4. The number of benzene rings is 6. The number of para-hydroxylation sites is 2. The largest absolute Gasteiger partial charge is 0.684 e. The molecule has 6 rings (SSSR count). The van der Waals surface area contributed by atoms with Gasteiger partial charge < -0.3 is 15.2 Å². The second-order valence-electron chi connectivity index (χ2n) is 13.4. The maximum Gasteiger partial charge on any atom is 0.131 e. The quantitative estimate of drug-likeness (QED) is 0.0801. The van der Waals surface area contributed by atoms with E-state index in [0.29, 0.717) is 25.0 Å². The predicted octanol–water partition coefficient (Wildman–Crippen LogP) is 13.7. The van der Waals surface area contributed by atoms with Crippen LogP contribution < -0.4 is 4.74 Å². The number of ether oxygens (including phenoxy) is 1. The van der Waals surface area contributed by atoms with Gasteiger partial charge in [0.1, 0.15) is 11.5 Å². The average molecular weight is 867 g/mol. The van der Waals surface area contributed by atoms with Gasteiger partial charge in [0, 0.05) is 42.5 Å². The average Bonchev–Trinajstić information content (AvgIpc) is 3.16. The number of phenols is 1. The van der Waals surface area contributed by atoms with Crippen LogP contribution in [0.3, 0.4) is 0 Å². The van der Waals surface area contributed by atoms with E-state index < -0.39 is 0 Å². The molecule has 0 saturated carbocycles. The van der Waals surface area contributed by atoms with Crippen LogP contribution in [0.2, 0.25) is 0 Å². The van der Waals surface area contributed by atoms with E-state index in [1.54, 1.807) is 0 Å². The van der Waals surface area contributed by atoms with Gasteiger partial charge >= 0.3 is 0 Å². The van der Waals surface area contributed by atoms with E-state index in [9.17, 15) is 5.11 Å². The first-order valence-corrected chi connectivity index (χ1v) is 18.4. The molecule has 0 amide bonds. The smallest absolute Gasteiger partial charge is 0.131 e. The Labute approximate surface area is 338 Å². The van der Waals surface area contributed by atoms with Gasteiger partial charge in [-0.3, -0.25) is 0 Å². The molecule has 0 aliphatic heterocycles. The number of phenolic OH excluding ortho intramolecular Hbond substituents is 1. The first kappa shape index (κ1) is 42.7. The summed E-state index contributed by atoms with van der Waals surface area (Å²) in [5, 5.41) is 16.3. The molecule has 0 aliphatic carbocycles. The van der Waals surface area contributed by atoms with Gasteiger partial charge in [0.05, 0.1) is 6.61 Å². The van der Waals surface area contributed by atoms with Gasteiger partial charge in [-0.1, -0.05) is 131 Å². The molecule has 0 aromatic heterocycles. The normalized spacial score (nSPS) is 10.3. The Morgan fingerprint density at radius 1 is 0.604 bits per heavy atom. The van der Waals surface area contributed by atoms with Gasteiger partial charge in [-0.05, 0) is 47.9 Å². The van der Waals surface area contributed by atoms with Gasteiger partial charge in [0.15, 0.2) is 0 Å². The SMILES string of the molecule is CCc1ccc(OCCC[N-]c2c(C(C)C)cccc2C(C)C)c(-c2cccc(-c3ccccc3)c2O)c1.[CH2-]c1ccccc1.[CH2-]c1ccccc1.[Hf]. The molecule has 0 heterocycles. The summed E-state index contributed by atoms with van der Waals surface area (Å²) in [6, 6.07) is 48.5. The summed E-state index contributed by atoms with van der Waals surface area (Å²) in [4.78, 5) is 0. The van der Waals surface area contributed by atoms with Crippen molar-refractivity contribution in [3.63, 3.8) is 0 Å². The maximum absolute atomic E-state index is 11.3. The van der Waals surface area contributed by atoms with E-state index in [-0.39, 0.29) is 31.6 Å². The Morgan fingerprint density at radius 2 is 1.11 bits per heavy atom. The van der Waals surface area contributed by atoms with Gasteiger partial charge in [-0.15, -0.1) is 36.5 Å². The minimum Gasteiger partial charge on any atom is -0.684 e. The zero-order chi connectivity index (χ0) is 37.3. The molecular formula is C49H54HfNO2-3. The molecule has 6 aromatic carbocycles. The topological polar surface area (TPSA) is 43.6 Å². The van der Waals surface area contributed by atoms with Gasteiger partial charge in [0.2, 0.25) is 0 Å². The summed E-state index contributed by atoms with van der Waals surface area (Å²) in [5.74, 6) is 1.93. The third-order valence-corrected chi connectivity index (χ3v) is 8.72. The fourth-order valence-corrected chi connectivity index (χ4v) is 5.83. The molecule has 0 unspecified atom stereocenters. The van der Waals surface area contributed by atoms with Crippen molar-refractivity contribution in [2.75, 3.05) is 13.2 Å². The fourth-order valence-electron chi connectivity index (χ4n) is 5.83. The van der Waals surface area contributed by atoms with Crippen LogP contribution in [0.15, 0.2) is 146 Å². The van der Waals surface area contributed by atoms with Crippen LogP contribution in [-0.2, 0) is 32.3 Å². The van der Waals surface area contributed by atoms with E-state index >= 15 is 0 Å². The van der Waals surface area contributed by atoms with Crippen molar-refractivity contribution in [3.8, 4) is 33.8 Å². The predicted molar refractivity (Wildman–Crippen MR) is 223 cm³/mol. The van der Waals surface area contributed by atoms with Crippen molar-refractivity contribution in [3.05, 3.63) is 193 Å². The number of nitrogens with zero attached hydrogens (tertiary/aromatic N) is 1. The molecule has 1 N–H and O–H groups in total. The van der Waals surface area contributed by atoms with Crippen molar-refractivity contribution in [2.24, 2.45) is 0 Å². The molecule has 0 aliphatic rings. The summed E-state index contributed by atoms with van der Waals surface area (Å²) >= 11 is 0. The van der Waals surface area contributed by atoms with Crippen LogP contribution in [0, 0.1) is 13.8 Å². The van der Waals surface area contributed by atoms with E-state index in [1.165, 1.54) is 16.7 Å². The van der Waals surface area contributed by atoms with Crippen LogP contribution in [-0.4, -0.2) is 18.3 Å². The second-order valence-corrected chi connectivity index (χ2v) is 13.4. The standard InChI is InChI=1S/C35H40NO2.2C7H7.Hf/c1-6-26-19-20-33(32(23-26)31-18-11-17-30(35(31)37)27-13-8-7-9-14-27)38-22-12-21-36-34-28(24(2)3)15-10-16-29(34)25(4)5;2*1-7-5-3-2-4-6-7;/h7-11,13-20,23-25,37H,6,12,21-22H2,1-5H3;2*2-6H,1H2;/q3*-1;. The van der Waals surface area contributed by atoms with Crippen LogP contribution in [0.4, 0.5) is 5.69 Å². The van der Waals surface area contributed by atoms with Crippen molar-refractivity contribution < 1.29 is 35.7 Å². The maximum atomic E-state index is 11.3. The summed E-state index contributed by atoms with van der Waals surface area (Å²) in [6.07, 6.45) is 1.73. The van der Waals surface area contributed by atoms with Crippen molar-refractivity contribution in [1.29, 1.82) is 0 Å². The van der Waals surface area contributed by atoms with Crippen molar-refractivity contribution >= 4 is 5.69 Å². The van der Waals surface area contributed by atoms with Crippen LogP contribution >= 0.6 is 0 Å². The van der Waals surface area contributed by atoms with Gasteiger partial charge in [-0.25, -0.2) is 0 Å². The summed E-state index contributed by atoms with van der Waals surface area (Å²) < 4.78 is 6.31. The first-order valence-electron chi connectivity index (χ1n) is 18.4. The third-order valence-electron chi connectivity index (χ3n) is 8.72. The van der Waals surface area contributed by atoms with E-state index in [2.05, 4.69) is 78.8 Å². The molecular weight excluding hydrogens is 813 g/mol. The number of aryl methyl sites for hydroxylation is 1. The number of aromatic hydroxyl groups is 1. The molecule has 0 spiro atoms. The van der Waals surface area contributed by atoms with E-state index in [0.717, 1.165) is 57.7 Å². The molecule has 0 bridgehead atoms. The molecule has 0 atom stereocenters. The molecule has 274 valence electrons. The molecule has 0 radical (unpaired) electrons.